The van der Waals surface area contributed by atoms with Crippen molar-refractivity contribution in [1.29, 1.82) is 0 Å². The van der Waals surface area contributed by atoms with E-state index in [2.05, 4.69) is 19.9 Å². The quantitative estimate of drug-likeness (QED) is 0.142. The van der Waals surface area contributed by atoms with E-state index in [1.54, 1.807) is 18.2 Å². The fourth-order valence-electron chi connectivity index (χ4n) is 7.05. The Hall–Kier alpha value is -7.27. The van der Waals surface area contributed by atoms with Crippen molar-refractivity contribution >= 4 is 45.4 Å². The Labute approximate surface area is 310 Å². The Morgan fingerprint density at radius 3 is 1.47 bits per heavy atom. The minimum atomic E-state index is -0.401. The number of rotatable bonds is 2. The second-order valence-corrected chi connectivity index (χ2v) is 13.2. The zero-order chi connectivity index (χ0) is 37.6. The molecule has 0 atom stereocenters. The van der Waals surface area contributed by atoms with Crippen LogP contribution in [0.2, 0.25) is 0 Å². The molecule has 0 saturated carbocycles. The zero-order valence-corrected chi connectivity index (χ0v) is 28.8. The molecule has 8 aromatic rings. The van der Waals surface area contributed by atoms with Crippen molar-refractivity contribution in [2.24, 2.45) is 0 Å². The smallest absolute Gasteiger partial charge is 0.323 e. The molecule has 2 aliphatic heterocycles. The zero-order valence-electron chi connectivity index (χ0n) is 28.8. The Bertz CT molecular complexity index is 2930. The topological polar surface area (TPSA) is 116 Å². The highest BCUT2D eigenvalue weighted by Gasteiger charge is 2.22. The van der Waals surface area contributed by atoms with Gasteiger partial charge in [-0.2, -0.15) is 0 Å². The van der Waals surface area contributed by atoms with Gasteiger partial charge in [-0.15, -0.1) is 0 Å². The van der Waals surface area contributed by atoms with Crippen LogP contribution in [0.15, 0.2) is 125 Å². The van der Waals surface area contributed by atoms with Crippen LogP contribution < -0.4 is 20.9 Å². The maximum absolute atomic E-state index is 13.8. The number of ether oxygens (including phenoxy) is 2. The largest absolute Gasteiger partial charge is 0.488 e. The van der Waals surface area contributed by atoms with Crippen molar-refractivity contribution < 1.29 is 22.6 Å². The number of hydrogen-bond donors (Lipinski definition) is 4. The molecule has 0 spiro atoms. The number of aromatic nitrogens is 4. The molecule has 0 bridgehead atoms. The third-order valence-electron chi connectivity index (χ3n) is 9.60. The predicted molar refractivity (Wildman–Crippen MR) is 206 cm³/mol. The number of fused-ring (bicyclic) bond motifs is 6. The molecule has 0 amide bonds. The molecule has 0 fully saturated rings. The predicted octanol–water partition coefficient (Wildman–Crippen LogP) is 9.09. The fourth-order valence-corrected chi connectivity index (χ4v) is 7.05. The van der Waals surface area contributed by atoms with E-state index in [1.165, 1.54) is 36.4 Å². The first-order chi connectivity index (χ1) is 26.7. The molecule has 2 aromatic heterocycles. The van der Waals surface area contributed by atoms with E-state index in [9.17, 15) is 22.8 Å². The number of benzene rings is 6. The number of aromatic amines is 4. The van der Waals surface area contributed by atoms with Crippen LogP contribution in [0.5, 0.6) is 11.5 Å². The molecule has 4 heterocycles. The van der Waals surface area contributed by atoms with E-state index in [0.717, 1.165) is 61.1 Å². The lowest BCUT2D eigenvalue weighted by Gasteiger charge is -2.11. The van der Waals surface area contributed by atoms with Gasteiger partial charge in [0.05, 0.1) is 22.1 Å². The molecule has 10 rings (SSSR count). The van der Waals surface area contributed by atoms with Crippen molar-refractivity contribution in [1.82, 2.24) is 19.9 Å². The Morgan fingerprint density at radius 2 is 0.909 bits per heavy atom. The molecule has 0 aliphatic carbocycles. The first-order valence-electron chi connectivity index (χ1n) is 17.3. The van der Waals surface area contributed by atoms with Gasteiger partial charge in [-0.25, -0.2) is 22.8 Å². The summed E-state index contributed by atoms with van der Waals surface area (Å²) >= 11 is 0. The first-order valence-corrected chi connectivity index (χ1v) is 17.3. The number of nitrogens with one attached hydrogen (secondary N) is 4. The third kappa shape index (κ3) is 6.63. The average Bonchev–Trinajstić information content (AvgIpc) is 3.65. The molecule has 0 radical (unpaired) electrons. The molecule has 270 valence electrons. The van der Waals surface area contributed by atoms with E-state index in [4.69, 9.17) is 9.47 Å². The summed E-state index contributed by atoms with van der Waals surface area (Å²) in [5.41, 5.74) is 11.0. The Morgan fingerprint density at radius 1 is 0.455 bits per heavy atom. The van der Waals surface area contributed by atoms with E-state index < -0.39 is 5.82 Å². The van der Waals surface area contributed by atoms with Gasteiger partial charge in [-0.05, 0) is 112 Å². The van der Waals surface area contributed by atoms with Gasteiger partial charge >= 0.3 is 11.4 Å². The van der Waals surface area contributed by atoms with Crippen molar-refractivity contribution in [3.8, 4) is 11.5 Å². The SMILES string of the molecule is O=c1[nH]c2ccc(/C=C3\c4ccc(F)cc4COc4cc(F)ccc43)cc2[nH]1.O=c1[nH]c2ccc(/C=C3\c4ccccc4COc4cc(F)ccc43)cc2[nH]1. The van der Waals surface area contributed by atoms with Crippen LogP contribution >= 0.6 is 0 Å². The fraction of sp³-hybridized carbons (Fsp3) is 0.0455. The minimum absolute atomic E-state index is 0.144. The van der Waals surface area contributed by atoms with Crippen LogP contribution in [-0.4, -0.2) is 19.9 Å². The summed E-state index contributed by atoms with van der Waals surface area (Å²) in [4.78, 5) is 34.0. The normalized spacial score (nSPS) is 14.5. The average molecular weight is 735 g/mol. The lowest BCUT2D eigenvalue weighted by Crippen LogP contribution is -1.99. The highest BCUT2D eigenvalue weighted by molar-refractivity contribution is 5.97. The Balaban J connectivity index is 0.000000144. The maximum atomic E-state index is 13.8. The van der Waals surface area contributed by atoms with Gasteiger partial charge in [0.25, 0.3) is 0 Å². The highest BCUT2D eigenvalue weighted by Crippen LogP contribution is 2.40. The van der Waals surface area contributed by atoms with E-state index >= 15 is 0 Å². The standard InChI is InChI=1S/C22H14F2N2O2.C22H15FN2O2/c23-14-2-4-16-13(9-14)11-28-21-10-15(24)3-5-17(21)18(16)7-12-1-6-19-20(8-12)26-22(27)25-19;23-15-6-7-17-18(9-13-5-8-19-20(10-13)25-22(26)24-19)16-4-2-1-3-14(16)12-27-21(17)11-15/h1-10H,11H2,(H2,25,26,27);1-11H,12H2,(H2,24,25,26)/b18-7+;18-9+. The molecular weight excluding hydrogens is 706 g/mol. The summed E-state index contributed by atoms with van der Waals surface area (Å²) in [6.45, 7) is 0.527. The van der Waals surface area contributed by atoms with Crippen LogP contribution in [0.1, 0.15) is 44.5 Å². The van der Waals surface area contributed by atoms with Crippen molar-refractivity contribution in [3.05, 3.63) is 198 Å². The molecule has 4 N–H and O–H groups in total. The molecule has 11 heteroatoms. The van der Waals surface area contributed by atoms with Crippen LogP contribution in [0.3, 0.4) is 0 Å². The van der Waals surface area contributed by atoms with Gasteiger partial charge in [0, 0.05) is 28.8 Å². The van der Waals surface area contributed by atoms with Gasteiger partial charge in [0.2, 0.25) is 0 Å². The monoisotopic (exact) mass is 734 g/mol. The number of hydrogen-bond acceptors (Lipinski definition) is 4. The number of imidazole rings is 2. The van der Waals surface area contributed by atoms with Gasteiger partial charge in [-0.3, -0.25) is 0 Å². The van der Waals surface area contributed by atoms with Crippen molar-refractivity contribution in [2.75, 3.05) is 0 Å². The van der Waals surface area contributed by atoms with E-state index in [1.807, 2.05) is 72.8 Å². The summed E-state index contributed by atoms with van der Waals surface area (Å²) in [7, 11) is 0. The summed E-state index contributed by atoms with van der Waals surface area (Å²) < 4.78 is 52.9. The molecule has 55 heavy (non-hydrogen) atoms. The van der Waals surface area contributed by atoms with Crippen LogP contribution in [-0.2, 0) is 13.2 Å². The Kier molecular flexibility index (Phi) is 8.31. The second kappa shape index (κ2) is 13.6. The van der Waals surface area contributed by atoms with Crippen LogP contribution in [0.4, 0.5) is 13.2 Å². The molecular formula is C44H29F3N4O4. The molecule has 2 aliphatic rings. The van der Waals surface area contributed by atoms with Crippen molar-refractivity contribution in [2.45, 2.75) is 13.2 Å². The molecule has 0 unspecified atom stereocenters. The minimum Gasteiger partial charge on any atom is -0.488 e. The lowest BCUT2D eigenvalue weighted by molar-refractivity contribution is 0.305. The van der Waals surface area contributed by atoms with Gasteiger partial charge in [0.15, 0.2) is 0 Å². The van der Waals surface area contributed by atoms with E-state index in [-0.39, 0.29) is 29.6 Å². The van der Waals surface area contributed by atoms with Crippen LogP contribution in [0.25, 0.3) is 45.4 Å². The van der Waals surface area contributed by atoms with Gasteiger partial charge < -0.3 is 29.4 Å². The summed E-state index contributed by atoms with van der Waals surface area (Å²) in [6, 6.07) is 32.7. The van der Waals surface area contributed by atoms with Crippen LogP contribution in [0, 0.1) is 17.5 Å². The summed E-state index contributed by atoms with van der Waals surface area (Å²) in [5.74, 6) is -0.162. The molecule has 6 aromatic carbocycles. The van der Waals surface area contributed by atoms with Crippen molar-refractivity contribution in [3.63, 3.8) is 0 Å². The summed E-state index contributed by atoms with van der Waals surface area (Å²) in [6.07, 6.45) is 3.96. The molecule has 8 nitrogen and oxygen atoms in total. The van der Waals surface area contributed by atoms with Gasteiger partial charge in [0.1, 0.15) is 42.2 Å². The number of H-pyrrole nitrogens is 4. The highest BCUT2D eigenvalue weighted by atomic mass is 19.1. The third-order valence-corrected chi connectivity index (χ3v) is 9.60. The second-order valence-electron chi connectivity index (χ2n) is 13.2. The molecule has 0 saturated heterocycles. The lowest BCUT2D eigenvalue weighted by atomic mass is 9.92. The summed E-state index contributed by atoms with van der Waals surface area (Å²) in [5, 5.41) is 0. The number of halogens is 3. The van der Waals surface area contributed by atoms with E-state index in [0.29, 0.717) is 34.7 Å². The first kappa shape index (κ1) is 33.6. The maximum Gasteiger partial charge on any atom is 0.323 e. The van der Waals surface area contributed by atoms with Gasteiger partial charge in [-0.1, -0.05) is 42.5 Å².